The minimum absolute atomic E-state index is 0.0152. The third kappa shape index (κ3) is 4.32. The Bertz CT molecular complexity index is 642. The van der Waals surface area contributed by atoms with Crippen LogP contribution in [0.5, 0.6) is 0 Å². The zero-order valence-electron chi connectivity index (χ0n) is 15.4. The van der Waals surface area contributed by atoms with Crippen molar-refractivity contribution in [1.29, 1.82) is 0 Å². The highest BCUT2D eigenvalue weighted by molar-refractivity contribution is 5.85. The fraction of sp³-hybridized carbons (Fsp3) is 0.409. The fourth-order valence-electron chi connectivity index (χ4n) is 3.74. The average Bonchev–Trinajstić information content (AvgIpc) is 2.73. The van der Waals surface area contributed by atoms with Gasteiger partial charge in [0.15, 0.2) is 0 Å². The monoisotopic (exact) mass is 352 g/mol. The first-order chi connectivity index (χ1) is 12.7. The quantitative estimate of drug-likeness (QED) is 0.805. The Kier molecular flexibility index (Phi) is 6.42. The summed E-state index contributed by atoms with van der Waals surface area (Å²) in [6.45, 7) is 2.27. The number of benzene rings is 2. The van der Waals surface area contributed by atoms with Crippen LogP contribution in [0.1, 0.15) is 36.3 Å². The SMILES string of the molecule is COC1(C(=O)NCCC(c2ccccc2)c2ccccc2)CCNCC1. The van der Waals surface area contributed by atoms with Crippen molar-refractivity contribution >= 4 is 5.91 Å². The molecule has 0 radical (unpaired) electrons. The van der Waals surface area contributed by atoms with E-state index in [2.05, 4.69) is 59.2 Å². The highest BCUT2D eigenvalue weighted by Crippen LogP contribution is 2.28. The minimum atomic E-state index is -0.680. The number of carbonyl (C=O) groups is 1. The lowest BCUT2D eigenvalue weighted by Gasteiger charge is -2.35. The Morgan fingerprint density at radius 2 is 1.58 bits per heavy atom. The van der Waals surface area contributed by atoms with Gasteiger partial charge in [-0.2, -0.15) is 0 Å². The van der Waals surface area contributed by atoms with E-state index < -0.39 is 5.60 Å². The van der Waals surface area contributed by atoms with Crippen molar-refractivity contribution in [2.45, 2.75) is 30.8 Å². The molecule has 1 heterocycles. The Balaban J connectivity index is 1.66. The summed E-state index contributed by atoms with van der Waals surface area (Å²) in [5.41, 5.74) is 1.87. The summed E-state index contributed by atoms with van der Waals surface area (Å²) in [6, 6.07) is 21.0. The molecule has 0 saturated carbocycles. The normalized spacial score (nSPS) is 16.4. The van der Waals surface area contributed by atoms with Crippen LogP contribution in [0.3, 0.4) is 0 Å². The van der Waals surface area contributed by atoms with Gasteiger partial charge in [0, 0.05) is 19.6 Å². The maximum absolute atomic E-state index is 12.7. The molecule has 4 heteroatoms. The highest BCUT2D eigenvalue weighted by atomic mass is 16.5. The van der Waals surface area contributed by atoms with Crippen LogP contribution in [-0.4, -0.2) is 38.3 Å². The maximum Gasteiger partial charge on any atom is 0.252 e. The van der Waals surface area contributed by atoms with Gasteiger partial charge in [0.1, 0.15) is 5.60 Å². The van der Waals surface area contributed by atoms with Gasteiger partial charge in [0.2, 0.25) is 0 Å². The topological polar surface area (TPSA) is 50.4 Å². The number of piperidine rings is 1. The van der Waals surface area contributed by atoms with E-state index in [1.807, 2.05) is 12.1 Å². The molecule has 0 unspecified atom stereocenters. The summed E-state index contributed by atoms with van der Waals surface area (Å²) >= 11 is 0. The highest BCUT2D eigenvalue weighted by Gasteiger charge is 2.39. The van der Waals surface area contributed by atoms with Gasteiger partial charge in [-0.25, -0.2) is 0 Å². The number of methoxy groups -OCH3 is 1. The first-order valence-electron chi connectivity index (χ1n) is 9.39. The number of nitrogens with one attached hydrogen (secondary N) is 2. The van der Waals surface area contributed by atoms with Gasteiger partial charge < -0.3 is 15.4 Å². The molecule has 2 aromatic carbocycles. The second-order valence-corrected chi connectivity index (χ2v) is 6.87. The molecule has 2 N–H and O–H groups in total. The van der Waals surface area contributed by atoms with E-state index in [0.717, 1.165) is 32.4 Å². The van der Waals surface area contributed by atoms with Crippen LogP contribution in [0, 0.1) is 0 Å². The van der Waals surface area contributed by atoms with Crippen LogP contribution in [0.15, 0.2) is 60.7 Å². The largest absolute Gasteiger partial charge is 0.368 e. The maximum atomic E-state index is 12.7. The summed E-state index contributed by atoms with van der Waals surface area (Å²) in [7, 11) is 1.64. The van der Waals surface area contributed by atoms with E-state index >= 15 is 0 Å². The second kappa shape index (κ2) is 8.97. The van der Waals surface area contributed by atoms with Gasteiger partial charge in [-0.05, 0) is 43.5 Å². The third-order valence-electron chi connectivity index (χ3n) is 5.34. The Hall–Kier alpha value is -2.17. The lowest BCUT2D eigenvalue weighted by molar-refractivity contribution is -0.146. The molecule has 0 atom stereocenters. The molecule has 3 rings (SSSR count). The fourth-order valence-corrected chi connectivity index (χ4v) is 3.74. The summed E-state index contributed by atoms with van der Waals surface area (Å²) in [6.07, 6.45) is 2.30. The standard InChI is InChI=1S/C22H28N2O2/c1-26-22(13-16-23-17-14-22)21(25)24-15-12-20(18-8-4-2-5-9-18)19-10-6-3-7-11-19/h2-11,20,23H,12-17H2,1H3,(H,24,25). The van der Waals surface area contributed by atoms with Crippen LogP contribution in [0.25, 0.3) is 0 Å². The van der Waals surface area contributed by atoms with Crippen molar-refractivity contribution in [3.05, 3.63) is 71.8 Å². The van der Waals surface area contributed by atoms with Crippen molar-refractivity contribution in [2.24, 2.45) is 0 Å². The second-order valence-electron chi connectivity index (χ2n) is 6.87. The lowest BCUT2D eigenvalue weighted by atomic mass is 9.88. The van der Waals surface area contributed by atoms with Gasteiger partial charge >= 0.3 is 0 Å². The minimum Gasteiger partial charge on any atom is -0.368 e. The average molecular weight is 352 g/mol. The summed E-state index contributed by atoms with van der Waals surface area (Å²) < 4.78 is 5.62. The first kappa shape index (κ1) is 18.6. The molecule has 26 heavy (non-hydrogen) atoms. The van der Waals surface area contributed by atoms with E-state index in [4.69, 9.17) is 4.74 Å². The Labute approximate surface area is 156 Å². The lowest BCUT2D eigenvalue weighted by Crippen LogP contribution is -2.54. The zero-order chi connectivity index (χ0) is 18.2. The molecule has 1 fully saturated rings. The predicted octanol–water partition coefficient (Wildman–Crippen LogP) is 3.09. The number of rotatable bonds is 7. The van der Waals surface area contributed by atoms with E-state index in [0.29, 0.717) is 6.54 Å². The van der Waals surface area contributed by atoms with Crippen molar-refractivity contribution in [2.75, 3.05) is 26.7 Å². The predicted molar refractivity (Wildman–Crippen MR) is 104 cm³/mol. The molecule has 2 aromatic rings. The van der Waals surface area contributed by atoms with Crippen molar-refractivity contribution < 1.29 is 9.53 Å². The summed E-state index contributed by atoms with van der Waals surface area (Å²) in [5, 5.41) is 6.41. The van der Waals surface area contributed by atoms with Crippen LogP contribution in [-0.2, 0) is 9.53 Å². The molecular formula is C22H28N2O2. The van der Waals surface area contributed by atoms with Gasteiger partial charge in [-0.3, -0.25) is 4.79 Å². The molecule has 0 aliphatic carbocycles. The smallest absolute Gasteiger partial charge is 0.252 e. The molecular weight excluding hydrogens is 324 g/mol. The van der Waals surface area contributed by atoms with Gasteiger partial charge in [-0.1, -0.05) is 60.7 Å². The van der Waals surface area contributed by atoms with Crippen LogP contribution < -0.4 is 10.6 Å². The van der Waals surface area contributed by atoms with Crippen molar-refractivity contribution in [3.63, 3.8) is 0 Å². The van der Waals surface area contributed by atoms with Gasteiger partial charge in [0.05, 0.1) is 0 Å². The molecule has 1 aliphatic rings. The molecule has 1 amide bonds. The number of amides is 1. The van der Waals surface area contributed by atoms with E-state index in [1.54, 1.807) is 7.11 Å². The van der Waals surface area contributed by atoms with Gasteiger partial charge in [0.25, 0.3) is 5.91 Å². The van der Waals surface area contributed by atoms with Crippen molar-refractivity contribution in [3.8, 4) is 0 Å². The van der Waals surface area contributed by atoms with Gasteiger partial charge in [-0.15, -0.1) is 0 Å². The van der Waals surface area contributed by atoms with Crippen molar-refractivity contribution in [1.82, 2.24) is 10.6 Å². The molecule has 4 nitrogen and oxygen atoms in total. The molecule has 0 bridgehead atoms. The summed E-state index contributed by atoms with van der Waals surface area (Å²) in [5.74, 6) is 0.283. The molecule has 138 valence electrons. The number of hydrogen-bond acceptors (Lipinski definition) is 3. The van der Waals surface area contributed by atoms with Crippen LogP contribution in [0.4, 0.5) is 0 Å². The Morgan fingerprint density at radius 1 is 1.04 bits per heavy atom. The summed E-state index contributed by atoms with van der Waals surface area (Å²) in [4.78, 5) is 12.7. The third-order valence-corrected chi connectivity index (χ3v) is 5.34. The first-order valence-corrected chi connectivity index (χ1v) is 9.39. The molecule has 0 aromatic heterocycles. The number of hydrogen-bond donors (Lipinski definition) is 2. The Morgan fingerprint density at radius 3 is 2.08 bits per heavy atom. The molecule has 1 saturated heterocycles. The molecule has 1 aliphatic heterocycles. The number of ether oxygens (including phenoxy) is 1. The van der Waals surface area contributed by atoms with Crippen LogP contribution in [0.2, 0.25) is 0 Å². The van der Waals surface area contributed by atoms with E-state index in [1.165, 1.54) is 11.1 Å². The van der Waals surface area contributed by atoms with E-state index in [9.17, 15) is 4.79 Å². The van der Waals surface area contributed by atoms with E-state index in [-0.39, 0.29) is 11.8 Å². The zero-order valence-corrected chi connectivity index (χ0v) is 15.4. The number of carbonyl (C=O) groups excluding carboxylic acids is 1. The molecule has 0 spiro atoms. The van der Waals surface area contributed by atoms with Crippen LogP contribution >= 0.6 is 0 Å².